The highest BCUT2D eigenvalue weighted by atomic mass is 16.4. The fourth-order valence-electron chi connectivity index (χ4n) is 1.93. The summed E-state index contributed by atoms with van der Waals surface area (Å²) >= 11 is 0. The van der Waals surface area contributed by atoms with Gasteiger partial charge in [0.25, 0.3) is 0 Å². The Hall–Kier alpha value is -1.19. The molecule has 0 aliphatic heterocycles. The summed E-state index contributed by atoms with van der Waals surface area (Å²) in [5.74, 6) is -2.53. The van der Waals surface area contributed by atoms with Crippen molar-refractivity contribution in [2.24, 2.45) is 17.8 Å². The Bertz CT molecular complexity index is 293. The molecule has 2 atom stereocenters. The number of carboxylic acids is 1. The van der Waals surface area contributed by atoms with E-state index in [1.54, 1.807) is 13.8 Å². The molecular weight excluding hydrogens is 196 g/mol. The predicted octanol–water partition coefficient (Wildman–Crippen LogP) is 1.28. The molecule has 0 spiro atoms. The second kappa shape index (κ2) is 4.55. The minimum absolute atomic E-state index is 0.0915. The number of Topliss-reactive ketones (excluding diaryl/α,β-unsaturated/α-hetero) is 2. The monoisotopic (exact) mass is 212 g/mol. The van der Waals surface area contributed by atoms with Crippen molar-refractivity contribution in [3.05, 3.63) is 0 Å². The molecule has 1 aliphatic carbocycles. The lowest BCUT2D eigenvalue weighted by Gasteiger charge is -2.25. The van der Waals surface area contributed by atoms with E-state index in [-0.39, 0.29) is 30.3 Å². The van der Waals surface area contributed by atoms with Gasteiger partial charge in [-0.1, -0.05) is 13.8 Å². The van der Waals surface area contributed by atoms with Gasteiger partial charge in [0, 0.05) is 12.3 Å². The molecule has 2 unspecified atom stereocenters. The van der Waals surface area contributed by atoms with Crippen LogP contribution in [0.4, 0.5) is 0 Å². The first-order valence-corrected chi connectivity index (χ1v) is 5.22. The van der Waals surface area contributed by atoms with E-state index >= 15 is 0 Å². The van der Waals surface area contributed by atoms with Gasteiger partial charge < -0.3 is 5.11 Å². The molecule has 0 bridgehead atoms. The summed E-state index contributed by atoms with van der Waals surface area (Å²) in [4.78, 5) is 33.9. The lowest BCUT2D eigenvalue weighted by atomic mass is 9.76. The van der Waals surface area contributed by atoms with Gasteiger partial charge in [-0.25, -0.2) is 0 Å². The molecule has 0 radical (unpaired) electrons. The van der Waals surface area contributed by atoms with E-state index in [1.165, 1.54) is 0 Å². The smallest absolute Gasteiger partial charge is 0.306 e. The molecule has 4 heteroatoms. The minimum atomic E-state index is -0.899. The van der Waals surface area contributed by atoms with Crippen molar-refractivity contribution in [2.45, 2.75) is 33.1 Å². The van der Waals surface area contributed by atoms with Crippen LogP contribution in [-0.4, -0.2) is 22.6 Å². The highest BCUT2D eigenvalue weighted by molar-refractivity contribution is 6.04. The first kappa shape index (κ1) is 11.9. The third-order valence-corrected chi connectivity index (χ3v) is 2.91. The first-order valence-electron chi connectivity index (χ1n) is 5.22. The fraction of sp³-hybridized carbons (Fsp3) is 0.727. The zero-order valence-electron chi connectivity index (χ0n) is 9.03. The van der Waals surface area contributed by atoms with Crippen molar-refractivity contribution in [1.29, 1.82) is 0 Å². The van der Waals surface area contributed by atoms with Crippen molar-refractivity contribution >= 4 is 17.5 Å². The SMILES string of the molecule is CC(C)C(=O)C1CC(C(=O)O)CCC1=O. The number of hydrogen-bond donors (Lipinski definition) is 1. The number of carbonyl (C=O) groups excluding carboxylic acids is 2. The summed E-state index contributed by atoms with van der Waals surface area (Å²) in [7, 11) is 0. The Balaban J connectivity index is 2.74. The molecular formula is C11H16O4. The molecule has 84 valence electrons. The Morgan fingerprint density at radius 1 is 1.40 bits per heavy atom. The minimum Gasteiger partial charge on any atom is -0.481 e. The number of hydrogen-bond acceptors (Lipinski definition) is 3. The van der Waals surface area contributed by atoms with Gasteiger partial charge in [-0.15, -0.1) is 0 Å². The van der Waals surface area contributed by atoms with Crippen molar-refractivity contribution in [3.63, 3.8) is 0 Å². The molecule has 0 aromatic heterocycles. The van der Waals surface area contributed by atoms with Crippen molar-refractivity contribution < 1.29 is 19.5 Å². The van der Waals surface area contributed by atoms with E-state index < -0.39 is 17.8 Å². The van der Waals surface area contributed by atoms with E-state index in [4.69, 9.17) is 5.11 Å². The molecule has 0 aromatic carbocycles. The summed E-state index contributed by atoms with van der Waals surface area (Å²) in [5, 5.41) is 8.84. The Morgan fingerprint density at radius 3 is 2.47 bits per heavy atom. The van der Waals surface area contributed by atoms with Gasteiger partial charge in [0.1, 0.15) is 11.6 Å². The number of rotatable bonds is 3. The maximum atomic E-state index is 11.7. The predicted molar refractivity (Wildman–Crippen MR) is 53.3 cm³/mol. The van der Waals surface area contributed by atoms with E-state index in [9.17, 15) is 14.4 Å². The molecule has 1 aliphatic rings. The molecule has 0 aromatic rings. The topological polar surface area (TPSA) is 71.4 Å². The van der Waals surface area contributed by atoms with Crippen molar-refractivity contribution in [3.8, 4) is 0 Å². The highest BCUT2D eigenvalue weighted by Crippen LogP contribution is 2.28. The second-order valence-corrected chi connectivity index (χ2v) is 4.39. The van der Waals surface area contributed by atoms with Gasteiger partial charge in [0.05, 0.1) is 11.8 Å². The number of carbonyl (C=O) groups is 3. The highest BCUT2D eigenvalue weighted by Gasteiger charge is 2.37. The summed E-state index contributed by atoms with van der Waals surface area (Å²) in [5.41, 5.74) is 0. The van der Waals surface area contributed by atoms with Crippen molar-refractivity contribution in [2.75, 3.05) is 0 Å². The van der Waals surface area contributed by atoms with Gasteiger partial charge in [0.2, 0.25) is 0 Å². The lowest BCUT2D eigenvalue weighted by Crippen LogP contribution is -2.35. The molecule has 15 heavy (non-hydrogen) atoms. The normalized spacial score (nSPS) is 26.7. The van der Waals surface area contributed by atoms with E-state index in [0.717, 1.165) is 0 Å². The van der Waals surface area contributed by atoms with Gasteiger partial charge in [-0.3, -0.25) is 14.4 Å². The molecule has 1 rings (SSSR count). The standard InChI is InChI=1S/C11H16O4/c1-6(2)10(13)8-5-7(11(14)15)3-4-9(8)12/h6-8H,3-5H2,1-2H3,(H,14,15). The summed E-state index contributed by atoms with van der Waals surface area (Å²) < 4.78 is 0. The van der Waals surface area contributed by atoms with Crippen LogP contribution in [0, 0.1) is 17.8 Å². The van der Waals surface area contributed by atoms with Crippen LogP contribution in [-0.2, 0) is 14.4 Å². The number of ketones is 2. The summed E-state index contributed by atoms with van der Waals surface area (Å²) in [6.07, 6.45) is 0.779. The van der Waals surface area contributed by atoms with Gasteiger partial charge in [-0.05, 0) is 12.8 Å². The van der Waals surface area contributed by atoms with Crippen LogP contribution in [0.25, 0.3) is 0 Å². The molecule has 1 fully saturated rings. The Labute approximate surface area is 88.7 Å². The van der Waals surface area contributed by atoms with Crippen LogP contribution in [0.15, 0.2) is 0 Å². The van der Waals surface area contributed by atoms with Gasteiger partial charge in [-0.2, -0.15) is 0 Å². The van der Waals surface area contributed by atoms with E-state index in [2.05, 4.69) is 0 Å². The van der Waals surface area contributed by atoms with Gasteiger partial charge in [0.15, 0.2) is 0 Å². The zero-order chi connectivity index (χ0) is 11.6. The molecule has 0 amide bonds. The molecule has 4 nitrogen and oxygen atoms in total. The van der Waals surface area contributed by atoms with Gasteiger partial charge >= 0.3 is 5.97 Å². The third kappa shape index (κ3) is 2.64. The van der Waals surface area contributed by atoms with Crippen LogP contribution in [0.2, 0.25) is 0 Å². The Morgan fingerprint density at radius 2 is 2.00 bits per heavy atom. The van der Waals surface area contributed by atoms with Crippen LogP contribution in [0.3, 0.4) is 0 Å². The second-order valence-electron chi connectivity index (χ2n) is 4.39. The lowest BCUT2D eigenvalue weighted by molar-refractivity contribution is -0.146. The van der Waals surface area contributed by atoms with Crippen LogP contribution in [0.1, 0.15) is 33.1 Å². The Kier molecular flexibility index (Phi) is 3.61. The quantitative estimate of drug-likeness (QED) is 0.715. The van der Waals surface area contributed by atoms with E-state index in [0.29, 0.717) is 6.42 Å². The summed E-state index contributed by atoms with van der Waals surface area (Å²) in [6, 6.07) is 0. The fourth-order valence-corrected chi connectivity index (χ4v) is 1.93. The maximum absolute atomic E-state index is 11.7. The van der Waals surface area contributed by atoms with Crippen LogP contribution < -0.4 is 0 Å². The summed E-state index contributed by atoms with van der Waals surface area (Å²) in [6.45, 7) is 3.47. The molecule has 1 saturated carbocycles. The average Bonchev–Trinajstić information content (AvgIpc) is 2.16. The first-order chi connectivity index (χ1) is 6.93. The number of aliphatic carboxylic acids is 1. The third-order valence-electron chi connectivity index (χ3n) is 2.91. The largest absolute Gasteiger partial charge is 0.481 e. The average molecular weight is 212 g/mol. The maximum Gasteiger partial charge on any atom is 0.306 e. The molecule has 1 N–H and O–H groups in total. The van der Waals surface area contributed by atoms with Crippen molar-refractivity contribution in [1.82, 2.24) is 0 Å². The van der Waals surface area contributed by atoms with Crippen LogP contribution in [0.5, 0.6) is 0 Å². The molecule has 0 heterocycles. The number of carboxylic acid groups (broad SMARTS) is 1. The zero-order valence-corrected chi connectivity index (χ0v) is 9.03. The van der Waals surface area contributed by atoms with E-state index in [1.807, 2.05) is 0 Å². The molecule has 0 saturated heterocycles. The van der Waals surface area contributed by atoms with Crippen LogP contribution >= 0.6 is 0 Å².